The molecule has 5 heteroatoms. The van der Waals surface area contributed by atoms with Crippen LogP contribution >= 0.6 is 22.9 Å². The van der Waals surface area contributed by atoms with Crippen molar-refractivity contribution in [3.8, 4) is 5.75 Å². The number of epoxide rings is 1. The van der Waals surface area contributed by atoms with E-state index in [4.69, 9.17) is 21.1 Å². The highest BCUT2D eigenvalue weighted by Crippen LogP contribution is 2.71. The second-order valence-electron chi connectivity index (χ2n) is 8.94. The van der Waals surface area contributed by atoms with E-state index in [1.54, 1.807) is 11.3 Å². The first-order chi connectivity index (χ1) is 13.4. The number of carbonyl (C=O) groups is 1. The number of aryl methyl sites for hydroxylation is 2. The molecule has 1 aromatic heterocycles. The maximum atomic E-state index is 12.9. The molecule has 0 amide bonds. The molecule has 2 aliphatic carbocycles. The predicted octanol–water partition coefficient (Wildman–Crippen LogP) is 5.60. The fourth-order valence-electron chi connectivity index (χ4n) is 4.89. The Morgan fingerprint density at radius 2 is 2.18 bits per heavy atom. The molecular weight excluding hydrogens is 392 g/mol. The monoisotopic (exact) mass is 416 g/mol. The van der Waals surface area contributed by atoms with Gasteiger partial charge in [-0.25, -0.2) is 0 Å². The Bertz CT molecular complexity index is 957. The number of halogens is 1. The largest absolute Gasteiger partial charge is 0.489 e. The van der Waals surface area contributed by atoms with Gasteiger partial charge in [-0.1, -0.05) is 31.5 Å². The third-order valence-corrected chi connectivity index (χ3v) is 8.24. The van der Waals surface area contributed by atoms with Crippen molar-refractivity contribution in [2.24, 2.45) is 11.3 Å². The minimum absolute atomic E-state index is 0.209. The zero-order valence-electron chi connectivity index (χ0n) is 16.5. The zero-order valence-corrected chi connectivity index (χ0v) is 18.1. The number of hydrogen-bond acceptors (Lipinski definition) is 4. The van der Waals surface area contributed by atoms with Gasteiger partial charge in [0.25, 0.3) is 0 Å². The van der Waals surface area contributed by atoms with Crippen molar-refractivity contribution in [2.45, 2.75) is 52.1 Å². The lowest BCUT2D eigenvalue weighted by atomic mass is 9.94. The lowest BCUT2D eigenvalue weighted by Gasteiger charge is -2.10. The fraction of sp³-hybridized carbons (Fsp3) is 0.522. The molecule has 1 aromatic carbocycles. The third kappa shape index (κ3) is 3.10. The lowest BCUT2D eigenvalue weighted by molar-refractivity contribution is 0.0986. The number of rotatable bonds is 7. The van der Waals surface area contributed by atoms with Crippen molar-refractivity contribution in [1.82, 2.24) is 0 Å². The summed E-state index contributed by atoms with van der Waals surface area (Å²) >= 11 is 8.05. The highest BCUT2D eigenvalue weighted by atomic mass is 35.5. The molecule has 148 valence electrons. The number of fused-ring (bicyclic) bond motifs is 3. The van der Waals surface area contributed by atoms with Crippen LogP contribution in [0.2, 0.25) is 5.02 Å². The van der Waals surface area contributed by atoms with Crippen molar-refractivity contribution in [3.05, 3.63) is 49.7 Å². The Morgan fingerprint density at radius 3 is 2.89 bits per heavy atom. The minimum Gasteiger partial charge on any atom is -0.489 e. The van der Waals surface area contributed by atoms with Crippen LogP contribution in [0.3, 0.4) is 0 Å². The van der Waals surface area contributed by atoms with E-state index in [9.17, 15) is 4.79 Å². The van der Waals surface area contributed by atoms with E-state index in [1.807, 2.05) is 18.2 Å². The van der Waals surface area contributed by atoms with Crippen molar-refractivity contribution in [2.75, 3.05) is 13.2 Å². The summed E-state index contributed by atoms with van der Waals surface area (Å²) in [5, 5.41) is 0.598. The van der Waals surface area contributed by atoms with Gasteiger partial charge in [0.1, 0.15) is 18.5 Å². The number of Topliss-reactive ketones (excluding diaryl/α,β-unsaturated/α-hetero) is 1. The van der Waals surface area contributed by atoms with Crippen LogP contribution in [0, 0.1) is 18.3 Å². The third-order valence-electron chi connectivity index (χ3n) is 6.74. The Labute approximate surface area is 175 Å². The molecule has 3 aliphatic rings. The number of ether oxygens (including phenoxy) is 2. The average Bonchev–Trinajstić information content (AvgIpc) is 3.46. The van der Waals surface area contributed by atoms with E-state index in [0.29, 0.717) is 41.6 Å². The van der Waals surface area contributed by atoms with Gasteiger partial charge in [0.15, 0.2) is 5.78 Å². The average molecular weight is 417 g/mol. The number of ketones is 1. The second kappa shape index (κ2) is 6.58. The van der Waals surface area contributed by atoms with Gasteiger partial charge in [0.2, 0.25) is 0 Å². The van der Waals surface area contributed by atoms with Gasteiger partial charge in [0, 0.05) is 11.3 Å². The second-order valence-corrected chi connectivity index (χ2v) is 10.6. The van der Waals surface area contributed by atoms with Gasteiger partial charge >= 0.3 is 0 Å². The topological polar surface area (TPSA) is 38.8 Å². The van der Waals surface area contributed by atoms with Gasteiger partial charge in [-0.15, -0.1) is 11.3 Å². The molecule has 3 nitrogen and oxygen atoms in total. The molecule has 2 aromatic rings. The summed E-state index contributed by atoms with van der Waals surface area (Å²) in [4.78, 5) is 15.3. The summed E-state index contributed by atoms with van der Waals surface area (Å²) in [5.41, 5.74) is 4.34. The number of thiophene rings is 1. The molecule has 1 aliphatic heterocycles. The van der Waals surface area contributed by atoms with Gasteiger partial charge in [-0.2, -0.15) is 0 Å². The van der Waals surface area contributed by atoms with Crippen LogP contribution in [0.4, 0.5) is 0 Å². The Balaban J connectivity index is 1.24. The molecular formula is C23H25ClO3S. The summed E-state index contributed by atoms with van der Waals surface area (Å²) in [6, 6.07) is 5.82. The van der Waals surface area contributed by atoms with Crippen LogP contribution in [0.5, 0.6) is 5.75 Å². The van der Waals surface area contributed by atoms with E-state index in [1.165, 1.54) is 16.0 Å². The number of carbonyl (C=O) groups excluding carboxylic acids is 1. The molecule has 1 saturated heterocycles. The predicted molar refractivity (Wildman–Crippen MR) is 112 cm³/mol. The van der Waals surface area contributed by atoms with E-state index < -0.39 is 0 Å². The maximum Gasteiger partial charge on any atom is 0.173 e. The van der Waals surface area contributed by atoms with Crippen LogP contribution in [-0.2, 0) is 17.6 Å². The Hall–Kier alpha value is -1.36. The highest BCUT2D eigenvalue weighted by Gasteiger charge is 2.63. The van der Waals surface area contributed by atoms with E-state index in [2.05, 4.69) is 20.8 Å². The maximum absolute atomic E-state index is 12.9. The van der Waals surface area contributed by atoms with Crippen molar-refractivity contribution < 1.29 is 14.3 Å². The molecule has 28 heavy (non-hydrogen) atoms. The van der Waals surface area contributed by atoms with Crippen LogP contribution in [0.15, 0.2) is 18.2 Å². The smallest absolute Gasteiger partial charge is 0.173 e. The summed E-state index contributed by atoms with van der Waals surface area (Å²) in [6.45, 7) is 8.21. The van der Waals surface area contributed by atoms with Crippen LogP contribution in [0.1, 0.15) is 57.4 Å². The first-order valence-electron chi connectivity index (χ1n) is 10.0. The van der Waals surface area contributed by atoms with Crippen LogP contribution < -0.4 is 4.74 Å². The molecule has 3 atom stereocenters. The Morgan fingerprint density at radius 1 is 1.39 bits per heavy atom. The van der Waals surface area contributed by atoms with Crippen molar-refractivity contribution >= 4 is 28.7 Å². The fourth-order valence-corrected chi connectivity index (χ4v) is 6.35. The lowest BCUT2D eigenvalue weighted by Crippen LogP contribution is -2.06. The SMILES string of the molecule is Cc1sc(C(=O)CCc2ccc(OCC3CO3)c(Cl)c2)c2c1[C@H]1[C@@H](C2)C1(C)C. The highest BCUT2D eigenvalue weighted by molar-refractivity contribution is 7.14. The number of hydrogen-bond donors (Lipinski definition) is 0. The van der Waals surface area contributed by atoms with E-state index in [-0.39, 0.29) is 11.9 Å². The van der Waals surface area contributed by atoms with Gasteiger partial charge in [-0.3, -0.25) is 4.79 Å². The normalized spacial score (nSPS) is 25.9. The molecule has 2 heterocycles. The zero-order chi connectivity index (χ0) is 19.6. The molecule has 0 N–H and O–H groups in total. The number of benzene rings is 1. The molecule has 1 unspecified atom stereocenters. The molecule has 1 saturated carbocycles. The van der Waals surface area contributed by atoms with Gasteiger partial charge in [-0.05, 0) is 65.8 Å². The summed E-state index contributed by atoms with van der Waals surface area (Å²) in [6.07, 6.45) is 2.52. The Kier molecular flexibility index (Phi) is 4.38. The van der Waals surface area contributed by atoms with Crippen molar-refractivity contribution in [1.29, 1.82) is 0 Å². The molecule has 2 fully saturated rings. The first-order valence-corrected chi connectivity index (χ1v) is 11.2. The first kappa shape index (κ1) is 18.7. The van der Waals surface area contributed by atoms with Crippen LogP contribution in [-0.4, -0.2) is 25.1 Å². The molecule has 0 spiro atoms. The summed E-state index contributed by atoms with van der Waals surface area (Å²) in [5.74, 6) is 2.37. The molecule has 0 bridgehead atoms. The van der Waals surface area contributed by atoms with Crippen molar-refractivity contribution in [3.63, 3.8) is 0 Å². The van der Waals surface area contributed by atoms with Gasteiger partial charge < -0.3 is 9.47 Å². The summed E-state index contributed by atoms with van der Waals surface area (Å²) < 4.78 is 10.8. The van der Waals surface area contributed by atoms with Crippen LogP contribution in [0.25, 0.3) is 0 Å². The van der Waals surface area contributed by atoms with E-state index in [0.717, 1.165) is 29.4 Å². The summed E-state index contributed by atoms with van der Waals surface area (Å²) in [7, 11) is 0. The molecule has 0 radical (unpaired) electrons. The standard InChI is InChI=1S/C23H25ClO3S/c1-12-20-15(9-16-21(20)23(16,2)3)22(28-12)18(25)6-4-13-5-7-19(17(24)8-13)27-11-14-10-26-14/h5,7-8,14,16,21H,4,6,9-11H2,1-3H3/t14?,16-,21-/m1/s1. The van der Waals surface area contributed by atoms with E-state index >= 15 is 0 Å². The quantitative estimate of drug-likeness (QED) is 0.435. The molecule has 5 rings (SSSR count). The van der Waals surface area contributed by atoms with Gasteiger partial charge in [0.05, 0.1) is 16.5 Å². The minimum atomic E-state index is 0.209.